The van der Waals surface area contributed by atoms with Gasteiger partial charge in [-0.2, -0.15) is 0 Å². The first kappa shape index (κ1) is 10.0. The molecule has 0 saturated carbocycles. The molecule has 0 aromatic heterocycles. The van der Waals surface area contributed by atoms with Crippen LogP contribution in [0.4, 0.5) is 0 Å². The van der Waals surface area contributed by atoms with E-state index >= 15 is 0 Å². The Hall–Kier alpha value is -1.04. The quantitative estimate of drug-likeness (QED) is 0.486. The number of allylic oxidation sites excluding steroid dienone is 8. The third-order valence-corrected chi connectivity index (χ3v) is 1.95. The van der Waals surface area contributed by atoms with Crippen LogP contribution in [0.2, 0.25) is 0 Å². The molecule has 0 fully saturated rings. The largest absolute Gasteiger partial charge is 0.0882 e. The highest BCUT2D eigenvalue weighted by molar-refractivity contribution is 5.10. The lowest BCUT2D eigenvalue weighted by Crippen LogP contribution is -1.72. The monoisotopic (exact) mass is 173 g/mol. The number of hydrogen-bond donors (Lipinski definition) is 0. The molecule has 69 valence electrons. The van der Waals surface area contributed by atoms with Crippen LogP contribution in [-0.4, -0.2) is 0 Å². The highest BCUT2D eigenvalue weighted by Crippen LogP contribution is 2.02. The van der Waals surface area contributed by atoms with Gasteiger partial charge in [-0.05, 0) is 38.2 Å². The number of rotatable bonds is 0. The van der Waals surface area contributed by atoms with Crippen LogP contribution in [0.1, 0.15) is 32.1 Å². The van der Waals surface area contributed by atoms with Crippen LogP contribution >= 0.6 is 0 Å². The minimum atomic E-state index is 1.05. The van der Waals surface area contributed by atoms with E-state index in [2.05, 4.69) is 36.5 Å². The van der Waals surface area contributed by atoms with Gasteiger partial charge in [0.05, 0.1) is 0 Å². The average Bonchev–Trinajstić information content (AvgIpc) is 2.18. The van der Waals surface area contributed by atoms with Gasteiger partial charge in [-0.15, -0.1) is 0 Å². The van der Waals surface area contributed by atoms with Crippen molar-refractivity contribution in [1.29, 1.82) is 0 Å². The highest BCUT2D eigenvalue weighted by Gasteiger charge is 1.83. The molecule has 0 spiro atoms. The Morgan fingerprint density at radius 2 is 1.85 bits per heavy atom. The van der Waals surface area contributed by atoms with Crippen molar-refractivity contribution in [3.05, 3.63) is 48.6 Å². The molecule has 0 atom stereocenters. The first-order valence-corrected chi connectivity index (χ1v) is 5.03. The van der Waals surface area contributed by atoms with Crippen LogP contribution in [0, 0.1) is 6.08 Å². The molecule has 0 heterocycles. The summed E-state index contributed by atoms with van der Waals surface area (Å²) in [5.74, 6) is 0. The SMILES string of the molecule is [C]1=CC=CC=CCC=CCCCC1. The normalized spacial score (nSPS) is 19.1. The van der Waals surface area contributed by atoms with Crippen LogP contribution in [0.5, 0.6) is 0 Å². The van der Waals surface area contributed by atoms with E-state index < -0.39 is 0 Å². The fourth-order valence-corrected chi connectivity index (χ4v) is 1.21. The van der Waals surface area contributed by atoms with Gasteiger partial charge in [0, 0.05) is 0 Å². The van der Waals surface area contributed by atoms with E-state index in [0.29, 0.717) is 0 Å². The number of hydrogen-bond acceptors (Lipinski definition) is 0. The lowest BCUT2D eigenvalue weighted by atomic mass is 10.2. The van der Waals surface area contributed by atoms with E-state index in [4.69, 9.17) is 0 Å². The Labute approximate surface area is 81.4 Å². The molecule has 0 aromatic carbocycles. The van der Waals surface area contributed by atoms with Crippen LogP contribution in [0.3, 0.4) is 0 Å². The van der Waals surface area contributed by atoms with Crippen molar-refractivity contribution < 1.29 is 0 Å². The predicted octanol–water partition coefficient (Wildman–Crippen LogP) is 3.98. The Kier molecular flexibility index (Phi) is 5.87. The first-order valence-electron chi connectivity index (χ1n) is 5.03. The van der Waals surface area contributed by atoms with Crippen molar-refractivity contribution in [3.8, 4) is 0 Å². The van der Waals surface area contributed by atoms with Gasteiger partial charge in [-0.1, -0.05) is 42.5 Å². The molecule has 0 N–H and O–H groups in total. The minimum Gasteiger partial charge on any atom is -0.0882 e. The molecule has 13 heavy (non-hydrogen) atoms. The summed E-state index contributed by atoms with van der Waals surface area (Å²) in [5.41, 5.74) is 0. The zero-order valence-electron chi connectivity index (χ0n) is 8.08. The van der Waals surface area contributed by atoms with Gasteiger partial charge in [-0.3, -0.25) is 0 Å². The topological polar surface area (TPSA) is 0 Å². The van der Waals surface area contributed by atoms with Gasteiger partial charge in [0.1, 0.15) is 0 Å². The van der Waals surface area contributed by atoms with Crippen LogP contribution in [-0.2, 0) is 0 Å². The molecule has 0 amide bonds. The minimum absolute atomic E-state index is 1.05. The Morgan fingerprint density at radius 3 is 2.85 bits per heavy atom. The molecule has 0 heteroatoms. The van der Waals surface area contributed by atoms with Crippen molar-refractivity contribution >= 4 is 0 Å². The summed E-state index contributed by atoms with van der Waals surface area (Å²) >= 11 is 0. The third kappa shape index (κ3) is 6.15. The molecule has 1 aliphatic carbocycles. The van der Waals surface area contributed by atoms with Gasteiger partial charge in [0.25, 0.3) is 0 Å². The fourth-order valence-electron chi connectivity index (χ4n) is 1.21. The van der Waals surface area contributed by atoms with E-state index in [1.54, 1.807) is 0 Å². The summed E-state index contributed by atoms with van der Waals surface area (Å²) in [6.45, 7) is 0. The van der Waals surface area contributed by atoms with Gasteiger partial charge in [-0.25, -0.2) is 0 Å². The van der Waals surface area contributed by atoms with E-state index in [-0.39, 0.29) is 0 Å². The fraction of sp³-hybridized carbons (Fsp3) is 0.385. The summed E-state index contributed by atoms with van der Waals surface area (Å²) in [5, 5.41) is 0. The molecule has 0 nitrogen and oxygen atoms in total. The summed E-state index contributed by atoms with van der Waals surface area (Å²) < 4.78 is 0. The molecular weight excluding hydrogens is 156 g/mol. The van der Waals surface area contributed by atoms with Crippen molar-refractivity contribution in [1.82, 2.24) is 0 Å². The van der Waals surface area contributed by atoms with Crippen molar-refractivity contribution in [2.75, 3.05) is 0 Å². The zero-order chi connectivity index (χ0) is 9.19. The molecule has 0 aromatic rings. The molecule has 1 radical (unpaired) electrons. The van der Waals surface area contributed by atoms with Crippen molar-refractivity contribution in [3.63, 3.8) is 0 Å². The average molecular weight is 173 g/mol. The molecule has 0 unspecified atom stereocenters. The summed E-state index contributed by atoms with van der Waals surface area (Å²) in [7, 11) is 0. The molecule has 0 saturated heterocycles. The molecule has 1 aliphatic rings. The van der Waals surface area contributed by atoms with Gasteiger partial charge in [0.2, 0.25) is 0 Å². The predicted molar refractivity (Wildman–Crippen MR) is 58.3 cm³/mol. The highest BCUT2D eigenvalue weighted by atomic mass is 13.9. The Balaban J connectivity index is 2.38. The van der Waals surface area contributed by atoms with E-state index in [1.807, 2.05) is 12.2 Å². The second-order valence-electron chi connectivity index (χ2n) is 3.14. The summed E-state index contributed by atoms with van der Waals surface area (Å²) in [4.78, 5) is 0. The maximum Gasteiger partial charge on any atom is -0.0166 e. The summed E-state index contributed by atoms with van der Waals surface area (Å²) in [6.07, 6.45) is 24.0. The molecule has 1 rings (SSSR count). The van der Waals surface area contributed by atoms with Crippen molar-refractivity contribution in [2.24, 2.45) is 0 Å². The zero-order valence-corrected chi connectivity index (χ0v) is 8.08. The van der Waals surface area contributed by atoms with Crippen LogP contribution in [0.25, 0.3) is 0 Å². The molecular formula is C13H17. The standard InChI is InChI=1S/C13H17/c1-2-4-6-8-10-12-13-11-9-7-5-3-1/h1-5,8,10H,6,9,11-13H2. The van der Waals surface area contributed by atoms with Gasteiger partial charge < -0.3 is 0 Å². The molecule has 0 bridgehead atoms. The lowest BCUT2D eigenvalue weighted by Gasteiger charge is -1.91. The van der Waals surface area contributed by atoms with Crippen LogP contribution < -0.4 is 0 Å². The third-order valence-electron chi connectivity index (χ3n) is 1.95. The Bertz CT molecular complexity index is 216. The maximum atomic E-state index is 3.25. The Morgan fingerprint density at radius 1 is 0.846 bits per heavy atom. The lowest BCUT2D eigenvalue weighted by molar-refractivity contribution is 0.753. The van der Waals surface area contributed by atoms with Gasteiger partial charge >= 0.3 is 0 Å². The second-order valence-corrected chi connectivity index (χ2v) is 3.14. The summed E-state index contributed by atoms with van der Waals surface area (Å²) in [6, 6.07) is 0. The van der Waals surface area contributed by atoms with Crippen molar-refractivity contribution in [2.45, 2.75) is 32.1 Å². The first-order chi connectivity index (χ1) is 6.50. The van der Waals surface area contributed by atoms with Crippen LogP contribution in [0.15, 0.2) is 42.5 Å². The maximum absolute atomic E-state index is 3.25. The second kappa shape index (κ2) is 7.60. The molecule has 0 aliphatic heterocycles. The van der Waals surface area contributed by atoms with E-state index in [0.717, 1.165) is 12.8 Å². The van der Waals surface area contributed by atoms with E-state index in [1.165, 1.54) is 19.3 Å². The smallest absolute Gasteiger partial charge is 0.0166 e. The van der Waals surface area contributed by atoms with Gasteiger partial charge in [0.15, 0.2) is 0 Å². The van der Waals surface area contributed by atoms with E-state index in [9.17, 15) is 0 Å².